The average Bonchev–Trinajstić information content (AvgIpc) is 2.57. The molecule has 0 aliphatic heterocycles. The van der Waals surface area contributed by atoms with Gasteiger partial charge >= 0.3 is 5.97 Å². The van der Waals surface area contributed by atoms with Crippen molar-refractivity contribution in [2.24, 2.45) is 11.3 Å². The third-order valence-electron chi connectivity index (χ3n) is 3.56. The summed E-state index contributed by atoms with van der Waals surface area (Å²) < 4.78 is 1.93. The summed E-state index contributed by atoms with van der Waals surface area (Å²) in [6, 6.07) is 0. The van der Waals surface area contributed by atoms with Gasteiger partial charge in [-0.1, -0.05) is 25.4 Å². The van der Waals surface area contributed by atoms with Crippen molar-refractivity contribution in [2.75, 3.05) is 0 Å². The van der Waals surface area contributed by atoms with Crippen LogP contribution in [-0.4, -0.2) is 20.6 Å². The largest absolute Gasteiger partial charge is 0.481 e. The second kappa shape index (κ2) is 3.48. The van der Waals surface area contributed by atoms with Crippen LogP contribution < -0.4 is 0 Å². The van der Waals surface area contributed by atoms with Gasteiger partial charge in [0, 0.05) is 12.5 Å². The van der Waals surface area contributed by atoms with Gasteiger partial charge in [-0.3, -0.25) is 4.79 Å². The zero-order chi connectivity index (χ0) is 12.1. The van der Waals surface area contributed by atoms with Crippen LogP contribution in [0.3, 0.4) is 0 Å². The van der Waals surface area contributed by atoms with E-state index in [9.17, 15) is 4.79 Å². The molecule has 1 saturated carbocycles. The van der Waals surface area contributed by atoms with E-state index in [0.717, 1.165) is 12.2 Å². The number of nitrogens with zero attached hydrogens (tertiary/aromatic N) is 2. The molecule has 0 saturated heterocycles. The van der Waals surface area contributed by atoms with Crippen LogP contribution in [0.1, 0.15) is 32.4 Å². The highest BCUT2D eigenvalue weighted by Gasteiger charge is 2.64. The molecule has 1 aliphatic rings. The van der Waals surface area contributed by atoms with Gasteiger partial charge in [-0.15, -0.1) is 0 Å². The van der Waals surface area contributed by atoms with Crippen LogP contribution in [-0.2, 0) is 11.3 Å². The van der Waals surface area contributed by atoms with Crippen molar-refractivity contribution < 1.29 is 9.90 Å². The van der Waals surface area contributed by atoms with Crippen LogP contribution in [0.5, 0.6) is 0 Å². The first-order valence-corrected chi connectivity index (χ1v) is 5.72. The Morgan fingerprint density at radius 2 is 2.31 bits per heavy atom. The van der Waals surface area contributed by atoms with Gasteiger partial charge in [0.25, 0.3) is 0 Å². The summed E-state index contributed by atoms with van der Waals surface area (Å²) in [5.74, 6) is -1.14. The van der Waals surface area contributed by atoms with Gasteiger partial charge in [-0.25, -0.2) is 4.98 Å². The molecule has 0 spiro atoms. The maximum atomic E-state index is 11.1. The van der Waals surface area contributed by atoms with E-state index in [0.29, 0.717) is 5.15 Å². The lowest BCUT2D eigenvalue weighted by Gasteiger charge is -2.06. The van der Waals surface area contributed by atoms with Crippen LogP contribution in [0.2, 0.25) is 5.15 Å². The van der Waals surface area contributed by atoms with Crippen LogP contribution >= 0.6 is 11.6 Å². The minimum absolute atomic E-state index is 0.0278. The first kappa shape index (κ1) is 11.5. The van der Waals surface area contributed by atoms with Crippen molar-refractivity contribution in [1.82, 2.24) is 9.55 Å². The molecule has 1 aliphatic carbocycles. The van der Waals surface area contributed by atoms with Crippen LogP contribution in [0.25, 0.3) is 0 Å². The second-order valence-electron chi connectivity index (χ2n) is 4.82. The monoisotopic (exact) mass is 242 g/mol. The van der Waals surface area contributed by atoms with Gasteiger partial charge in [-0.05, 0) is 12.3 Å². The van der Waals surface area contributed by atoms with Gasteiger partial charge in [0.15, 0.2) is 5.15 Å². The number of halogens is 1. The lowest BCUT2D eigenvalue weighted by atomic mass is 10.1. The normalized spacial score (nSPS) is 26.8. The quantitative estimate of drug-likeness (QED) is 0.886. The Bertz CT molecular complexity index is 439. The summed E-state index contributed by atoms with van der Waals surface area (Å²) in [5, 5.41) is 9.57. The number of aliphatic carboxylic acids is 1. The topological polar surface area (TPSA) is 55.1 Å². The Morgan fingerprint density at radius 3 is 2.75 bits per heavy atom. The highest BCUT2D eigenvalue weighted by atomic mass is 35.5. The summed E-state index contributed by atoms with van der Waals surface area (Å²) in [6.07, 6.45) is 1.67. The molecule has 1 N–H and O–H groups in total. The van der Waals surface area contributed by atoms with Crippen LogP contribution in [0.15, 0.2) is 6.33 Å². The molecule has 1 aromatic heterocycles. The lowest BCUT2D eigenvalue weighted by molar-refractivity contribution is -0.139. The van der Waals surface area contributed by atoms with Crippen molar-refractivity contribution in [3.63, 3.8) is 0 Å². The molecule has 0 aromatic carbocycles. The fraction of sp³-hybridized carbons (Fsp3) is 0.636. The first-order valence-electron chi connectivity index (χ1n) is 5.34. The van der Waals surface area contributed by atoms with Crippen LogP contribution in [0, 0.1) is 11.3 Å². The predicted molar refractivity (Wildman–Crippen MR) is 60.6 cm³/mol. The molecular formula is C11H15ClN2O2. The fourth-order valence-electron chi connectivity index (χ4n) is 2.54. The Morgan fingerprint density at radius 1 is 1.69 bits per heavy atom. The van der Waals surface area contributed by atoms with Gasteiger partial charge in [-0.2, -0.15) is 0 Å². The lowest BCUT2D eigenvalue weighted by Crippen LogP contribution is -2.04. The van der Waals surface area contributed by atoms with Gasteiger partial charge in [0.05, 0.1) is 17.9 Å². The smallest absolute Gasteiger partial charge is 0.307 e. The number of aryl methyl sites for hydroxylation is 1. The number of aromatic nitrogens is 2. The fourth-order valence-corrected chi connectivity index (χ4v) is 2.80. The SMILES string of the molecule is CCn1cnc(Cl)c1[C@@H]1[C@@H](C(=O)O)C1(C)C. The van der Waals surface area contributed by atoms with E-state index in [4.69, 9.17) is 16.7 Å². The molecule has 0 radical (unpaired) electrons. The molecule has 4 nitrogen and oxygen atoms in total. The number of imidazole rings is 1. The summed E-state index contributed by atoms with van der Waals surface area (Å²) in [4.78, 5) is 15.2. The van der Waals surface area contributed by atoms with Gasteiger partial charge in [0.1, 0.15) is 0 Å². The molecule has 88 valence electrons. The van der Waals surface area contributed by atoms with Crippen molar-refractivity contribution in [3.8, 4) is 0 Å². The number of carboxylic acids is 1. The molecule has 0 bridgehead atoms. The van der Waals surface area contributed by atoms with Crippen molar-refractivity contribution in [1.29, 1.82) is 0 Å². The van der Waals surface area contributed by atoms with Crippen LogP contribution in [0.4, 0.5) is 0 Å². The van der Waals surface area contributed by atoms with Crippen molar-refractivity contribution >= 4 is 17.6 Å². The van der Waals surface area contributed by atoms with E-state index in [-0.39, 0.29) is 17.3 Å². The molecular weight excluding hydrogens is 228 g/mol. The zero-order valence-electron chi connectivity index (χ0n) is 9.57. The Kier molecular flexibility index (Phi) is 2.49. The van der Waals surface area contributed by atoms with Crippen molar-refractivity contribution in [2.45, 2.75) is 33.2 Å². The summed E-state index contributed by atoms with van der Waals surface area (Å²) >= 11 is 6.03. The molecule has 0 amide bonds. The highest BCUT2D eigenvalue weighted by Crippen LogP contribution is 2.65. The Balaban J connectivity index is 2.40. The third kappa shape index (κ3) is 1.44. The van der Waals surface area contributed by atoms with E-state index in [2.05, 4.69) is 4.98 Å². The summed E-state index contributed by atoms with van der Waals surface area (Å²) in [5.41, 5.74) is 0.629. The molecule has 5 heteroatoms. The zero-order valence-corrected chi connectivity index (χ0v) is 10.3. The second-order valence-corrected chi connectivity index (χ2v) is 5.18. The average molecular weight is 243 g/mol. The van der Waals surface area contributed by atoms with Gasteiger partial charge < -0.3 is 9.67 Å². The highest BCUT2D eigenvalue weighted by molar-refractivity contribution is 6.30. The third-order valence-corrected chi connectivity index (χ3v) is 3.85. The molecule has 1 heterocycles. The Labute approximate surface area is 99.2 Å². The van der Waals surface area contributed by atoms with E-state index in [1.807, 2.05) is 25.3 Å². The summed E-state index contributed by atoms with van der Waals surface area (Å²) in [6.45, 7) is 6.67. The standard InChI is InChI=1S/C11H15ClN2O2/c1-4-14-5-13-9(12)8(14)6-7(10(15)16)11(6,2)3/h5-7H,4H2,1-3H3,(H,15,16)/t6-,7-/m0/s1. The molecule has 1 aromatic rings. The van der Waals surface area contributed by atoms with E-state index in [1.54, 1.807) is 6.33 Å². The van der Waals surface area contributed by atoms with E-state index < -0.39 is 5.97 Å². The number of carboxylic acid groups (broad SMARTS) is 1. The molecule has 16 heavy (non-hydrogen) atoms. The maximum Gasteiger partial charge on any atom is 0.307 e. The molecule has 0 unspecified atom stereocenters. The number of carbonyl (C=O) groups is 1. The van der Waals surface area contributed by atoms with E-state index in [1.165, 1.54) is 0 Å². The minimum Gasteiger partial charge on any atom is -0.481 e. The molecule has 2 atom stereocenters. The maximum absolute atomic E-state index is 11.1. The van der Waals surface area contributed by atoms with Crippen molar-refractivity contribution in [3.05, 3.63) is 17.2 Å². The number of rotatable bonds is 3. The predicted octanol–water partition coefficient (Wildman–Crippen LogP) is 2.38. The molecule has 2 rings (SSSR count). The minimum atomic E-state index is -0.755. The van der Waals surface area contributed by atoms with Gasteiger partial charge in [0.2, 0.25) is 0 Å². The number of hydrogen-bond acceptors (Lipinski definition) is 2. The summed E-state index contributed by atoms with van der Waals surface area (Å²) in [7, 11) is 0. The molecule has 1 fully saturated rings. The Hall–Kier alpha value is -1.03. The number of hydrogen-bond donors (Lipinski definition) is 1. The van der Waals surface area contributed by atoms with E-state index >= 15 is 0 Å². The first-order chi connectivity index (χ1) is 7.41.